The summed E-state index contributed by atoms with van der Waals surface area (Å²) in [5, 5.41) is 3.97. The van der Waals surface area contributed by atoms with Gasteiger partial charge in [0, 0.05) is 19.6 Å². The molecule has 4 nitrogen and oxygen atoms in total. The smallest absolute Gasteiger partial charge is 0.148 e. The minimum atomic E-state index is 0.588. The molecule has 1 aliphatic heterocycles. The standard InChI is InChI=1S/C18H23ClN4/c1-13-5-3-4-6-16(13)12-23-8-7-15(11-23)9-21-18-17(19)10-20-14(2)22-18/h3-6,10,15H,7-9,11-12H2,1-2H3,(H,20,21,22). The molecule has 5 heteroatoms. The zero-order valence-electron chi connectivity index (χ0n) is 13.7. The molecule has 1 fully saturated rings. The molecule has 1 saturated heterocycles. The Morgan fingerprint density at radius 3 is 2.96 bits per heavy atom. The zero-order chi connectivity index (χ0) is 16.2. The summed E-state index contributed by atoms with van der Waals surface area (Å²) in [4.78, 5) is 11.0. The van der Waals surface area contributed by atoms with Crippen molar-refractivity contribution in [3.63, 3.8) is 0 Å². The third-order valence-corrected chi connectivity index (χ3v) is 4.72. The van der Waals surface area contributed by atoms with Gasteiger partial charge in [-0.2, -0.15) is 0 Å². The highest BCUT2D eigenvalue weighted by molar-refractivity contribution is 6.32. The summed E-state index contributed by atoms with van der Waals surface area (Å²) in [6, 6.07) is 8.63. The van der Waals surface area contributed by atoms with Crippen LogP contribution in [0.5, 0.6) is 0 Å². The van der Waals surface area contributed by atoms with E-state index >= 15 is 0 Å². The molecule has 0 saturated carbocycles. The number of rotatable bonds is 5. The summed E-state index contributed by atoms with van der Waals surface area (Å²) in [5.41, 5.74) is 2.80. The Labute approximate surface area is 142 Å². The summed E-state index contributed by atoms with van der Waals surface area (Å²) in [7, 11) is 0. The fourth-order valence-electron chi connectivity index (χ4n) is 3.07. The van der Waals surface area contributed by atoms with Crippen LogP contribution in [-0.2, 0) is 6.54 Å². The lowest BCUT2D eigenvalue weighted by Gasteiger charge is -2.18. The molecular weight excluding hydrogens is 308 g/mol. The Bertz CT molecular complexity index is 674. The summed E-state index contributed by atoms with van der Waals surface area (Å²) in [6.45, 7) is 8.27. The Hall–Kier alpha value is -1.65. The van der Waals surface area contributed by atoms with E-state index in [0.29, 0.717) is 10.9 Å². The van der Waals surface area contributed by atoms with Crippen LogP contribution in [-0.4, -0.2) is 34.5 Å². The normalized spacial score (nSPS) is 18.3. The molecule has 1 aromatic carbocycles. The first-order valence-electron chi connectivity index (χ1n) is 8.11. The van der Waals surface area contributed by atoms with Gasteiger partial charge in [-0.3, -0.25) is 4.90 Å². The monoisotopic (exact) mass is 330 g/mol. The molecule has 0 amide bonds. The molecule has 1 aliphatic rings. The van der Waals surface area contributed by atoms with Crippen LogP contribution in [0.4, 0.5) is 5.82 Å². The number of benzene rings is 1. The number of anilines is 1. The highest BCUT2D eigenvalue weighted by Gasteiger charge is 2.23. The molecule has 122 valence electrons. The maximum Gasteiger partial charge on any atom is 0.148 e. The number of halogens is 1. The van der Waals surface area contributed by atoms with Crippen molar-refractivity contribution in [2.45, 2.75) is 26.8 Å². The van der Waals surface area contributed by atoms with Gasteiger partial charge in [0.05, 0.1) is 6.20 Å². The minimum absolute atomic E-state index is 0.588. The Balaban J connectivity index is 1.52. The van der Waals surface area contributed by atoms with Crippen molar-refractivity contribution in [1.29, 1.82) is 0 Å². The van der Waals surface area contributed by atoms with Crippen LogP contribution in [0.2, 0.25) is 5.02 Å². The SMILES string of the molecule is Cc1ncc(Cl)c(NCC2CCN(Cc3ccccc3C)C2)n1. The van der Waals surface area contributed by atoms with Gasteiger partial charge in [-0.15, -0.1) is 0 Å². The fourth-order valence-corrected chi connectivity index (χ4v) is 3.23. The number of hydrogen-bond donors (Lipinski definition) is 1. The average molecular weight is 331 g/mol. The van der Waals surface area contributed by atoms with E-state index in [1.807, 2.05) is 6.92 Å². The Kier molecular flexibility index (Phi) is 5.13. The molecule has 1 atom stereocenters. The van der Waals surface area contributed by atoms with Crippen molar-refractivity contribution in [1.82, 2.24) is 14.9 Å². The van der Waals surface area contributed by atoms with Crippen LogP contribution in [0.25, 0.3) is 0 Å². The number of aromatic nitrogens is 2. The van der Waals surface area contributed by atoms with Crippen molar-refractivity contribution >= 4 is 17.4 Å². The Morgan fingerprint density at radius 1 is 1.30 bits per heavy atom. The second kappa shape index (κ2) is 7.28. The topological polar surface area (TPSA) is 41.1 Å². The molecule has 1 aromatic heterocycles. The molecule has 3 rings (SSSR count). The highest BCUT2D eigenvalue weighted by atomic mass is 35.5. The molecule has 2 heterocycles. The maximum absolute atomic E-state index is 6.14. The van der Waals surface area contributed by atoms with Crippen LogP contribution >= 0.6 is 11.6 Å². The number of nitrogens with zero attached hydrogens (tertiary/aromatic N) is 3. The Morgan fingerprint density at radius 2 is 2.13 bits per heavy atom. The van der Waals surface area contributed by atoms with Gasteiger partial charge in [-0.05, 0) is 43.9 Å². The summed E-state index contributed by atoms with van der Waals surface area (Å²) >= 11 is 6.14. The fraction of sp³-hybridized carbons (Fsp3) is 0.444. The van der Waals surface area contributed by atoms with Crippen LogP contribution in [0.15, 0.2) is 30.5 Å². The van der Waals surface area contributed by atoms with Gasteiger partial charge in [-0.1, -0.05) is 35.9 Å². The number of nitrogens with one attached hydrogen (secondary N) is 1. The summed E-state index contributed by atoms with van der Waals surface area (Å²) in [5.74, 6) is 2.12. The van der Waals surface area contributed by atoms with Gasteiger partial charge in [-0.25, -0.2) is 9.97 Å². The third kappa shape index (κ3) is 4.21. The van der Waals surface area contributed by atoms with E-state index in [1.165, 1.54) is 17.5 Å². The number of likely N-dealkylation sites (tertiary alicyclic amines) is 1. The van der Waals surface area contributed by atoms with Gasteiger partial charge in [0.2, 0.25) is 0 Å². The predicted octanol–water partition coefficient (Wildman–Crippen LogP) is 3.68. The lowest BCUT2D eigenvalue weighted by atomic mass is 10.1. The first-order valence-corrected chi connectivity index (χ1v) is 8.49. The first kappa shape index (κ1) is 16.2. The van der Waals surface area contributed by atoms with Crippen LogP contribution in [0.3, 0.4) is 0 Å². The minimum Gasteiger partial charge on any atom is -0.368 e. The molecule has 0 aliphatic carbocycles. The number of hydrogen-bond acceptors (Lipinski definition) is 4. The van der Waals surface area contributed by atoms with E-state index in [2.05, 4.69) is 51.4 Å². The van der Waals surface area contributed by atoms with Crippen LogP contribution in [0, 0.1) is 19.8 Å². The molecule has 0 radical (unpaired) electrons. The second-order valence-corrected chi connectivity index (χ2v) is 6.72. The molecule has 2 aromatic rings. The third-order valence-electron chi connectivity index (χ3n) is 4.45. The molecule has 0 bridgehead atoms. The van der Waals surface area contributed by atoms with Crippen molar-refractivity contribution in [3.05, 3.63) is 52.4 Å². The predicted molar refractivity (Wildman–Crippen MR) is 94.8 cm³/mol. The lowest BCUT2D eigenvalue weighted by molar-refractivity contribution is 0.318. The molecule has 1 N–H and O–H groups in total. The molecule has 1 unspecified atom stereocenters. The van der Waals surface area contributed by atoms with E-state index in [4.69, 9.17) is 11.6 Å². The molecule has 23 heavy (non-hydrogen) atoms. The first-order chi connectivity index (χ1) is 11.1. The van der Waals surface area contributed by atoms with E-state index in [1.54, 1.807) is 6.20 Å². The van der Waals surface area contributed by atoms with Crippen molar-refractivity contribution in [3.8, 4) is 0 Å². The molecule has 0 spiro atoms. The van der Waals surface area contributed by atoms with E-state index in [-0.39, 0.29) is 0 Å². The van der Waals surface area contributed by atoms with Gasteiger partial charge in [0.25, 0.3) is 0 Å². The van der Waals surface area contributed by atoms with E-state index in [9.17, 15) is 0 Å². The zero-order valence-corrected chi connectivity index (χ0v) is 14.5. The van der Waals surface area contributed by atoms with E-state index in [0.717, 1.165) is 37.8 Å². The van der Waals surface area contributed by atoms with Crippen LogP contribution in [0.1, 0.15) is 23.4 Å². The number of aryl methyl sites for hydroxylation is 2. The summed E-state index contributed by atoms with van der Waals surface area (Å²) < 4.78 is 0. The van der Waals surface area contributed by atoms with Crippen molar-refractivity contribution in [2.75, 3.05) is 25.0 Å². The van der Waals surface area contributed by atoms with Gasteiger partial charge < -0.3 is 5.32 Å². The van der Waals surface area contributed by atoms with Gasteiger partial charge in [0.15, 0.2) is 0 Å². The lowest BCUT2D eigenvalue weighted by Crippen LogP contribution is -2.23. The van der Waals surface area contributed by atoms with Gasteiger partial charge >= 0.3 is 0 Å². The quantitative estimate of drug-likeness (QED) is 0.908. The second-order valence-electron chi connectivity index (χ2n) is 6.31. The largest absolute Gasteiger partial charge is 0.368 e. The summed E-state index contributed by atoms with van der Waals surface area (Å²) in [6.07, 6.45) is 2.87. The van der Waals surface area contributed by atoms with Crippen molar-refractivity contribution in [2.24, 2.45) is 5.92 Å². The van der Waals surface area contributed by atoms with Gasteiger partial charge in [0.1, 0.15) is 16.7 Å². The van der Waals surface area contributed by atoms with E-state index < -0.39 is 0 Å². The van der Waals surface area contributed by atoms with Crippen LogP contribution < -0.4 is 5.32 Å². The average Bonchev–Trinajstić information content (AvgIpc) is 2.98. The highest BCUT2D eigenvalue weighted by Crippen LogP contribution is 2.22. The van der Waals surface area contributed by atoms with Crippen molar-refractivity contribution < 1.29 is 0 Å². The molecular formula is C18H23ClN4. The maximum atomic E-state index is 6.14.